The van der Waals surface area contributed by atoms with Gasteiger partial charge in [-0.25, -0.2) is 4.79 Å². The Morgan fingerprint density at radius 1 is 1.14 bits per heavy atom. The molecule has 0 saturated heterocycles. The van der Waals surface area contributed by atoms with E-state index in [4.69, 9.17) is 4.74 Å². The van der Waals surface area contributed by atoms with E-state index in [1.807, 2.05) is 26.8 Å². The number of H-pyrrole nitrogens is 2. The number of benzene rings is 1. The van der Waals surface area contributed by atoms with Crippen LogP contribution >= 0.6 is 0 Å². The number of pyridine rings is 1. The minimum absolute atomic E-state index is 0.182. The fourth-order valence-corrected chi connectivity index (χ4v) is 2.83. The quantitative estimate of drug-likeness (QED) is 0.714. The number of aryl methyl sites for hydroxylation is 3. The van der Waals surface area contributed by atoms with E-state index in [0.29, 0.717) is 10.9 Å². The molecule has 0 radical (unpaired) electrons. The van der Waals surface area contributed by atoms with Crippen LogP contribution in [0.25, 0.3) is 21.8 Å². The lowest BCUT2D eigenvalue weighted by Gasteiger charge is -2.07. The molecule has 2 aromatic heterocycles. The molecule has 0 aliphatic heterocycles. The first-order chi connectivity index (χ1) is 10.4. The summed E-state index contributed by atoms with van der Waals surface area (Å²) in [5.41, 5.74) is 4.57. The number of esters is 1. The summed E-state index contributed by atoms with van der Waals surface area (Å²) in [6, 6.07) is 3.34. The zero-order valence-electron chi connectivity index (χ0n) is 13.1. The number of nitrogens with one attached hydrogen (secondary N) is 2. The Hall–Kier alpha value is -2.56. The first-order valence-electron chi connectivity index (χ1n) is 7.26. The van der Waals surface area contributed by atoms with E-state index < -0.39 is 5.97 Å². The fourth-order valence-electron chi connectivity index (χ4n) is 2.83. The number of carbonyl (C=O) groups is 1. The van der Waals surface area contributed by atoms with Crippen LogP contribution in [-0.2, 0) is 4.74 Å². The molecule has 5 nitrogen and oxygen atoms in total. The van der Waals surface area contributed by atoms with Crippen molar-refractivity contribution in [1.82, 2.24) is 9.97 Å². The lowest BCUT2D eigenvalue weighted by molar-refractivity contribution is 0.0520. The van der Waals surface area contributed by atoms with Crippen LogP contribution in [0, 0.1) is 20.8 Å². The molecule has 0 saturated carbocycles. The second-order valence-corrected chi connectivity index (χ2v) is 5.51. The van der Waals surface area contributed by atoms with Gasteiger partial charge >= 0.3 is 5.97 Å². The number of hydrogen-bond donors (Lipinski definition) is 2. The third kappa shape index (κ3) is 2.01. The van der Waals surface area contributed by atoms with Crippen LogP contribution < -0.4 is 5.43 Å². The van der Waals surface area contributed by atoms with Crippen molar-refractivity contribution in [2.45, 2.75) is 27.7 Å². The maximum Gasteiger partial charge on any atom is 0.354 e. The Bertz CT molecular complexity index is 964. The van der Waals surface area contributed by atoms with Gasteiger partial charge in [0.05, 0.1) is 23.0 Å². The number of aromatic amines is 2. The maximum absolute atomic E-state index is 12.5. The second-order valence-electron chi connectivity index (χ2n) is 5.51. The van der Waals surface area contributed by atoms with Crippen LogP contribution in [0.3, 0.4) is 0 Å². The summed E-state index contributed by atoms with van der Waals surface area (Å²) in [6.07, 6.45) is 0. The summed E-state index contributed by atoms with van der Waals surface area (Å²) < 4.78 is 4.97. The maximum atomic E-state index is 12.5. The van der Waals surface area contributed by atoms with Gasteiger partial charge in [-0.15, -0.1) is 0 Å². The van der Waals surface area contributed by atoms with Gasteiger partial charge in [-0.2, -0.15) is 0 Å². The minimum atomic E-state index is -0.514. The van der Waals surface area contributed by atoms with Crippen molar-refractivity contribution in [3.05, 3.63) is 44.9 Å². The number of rotatable bonds is 2. The van der Waals surface area contributed by atoms with Crippen LogP contribution in [0.4, 0.5) is 0 Å². The highest BCUT2D eigenvalue weighted by atomic mass is 16.5. The molecule has 1 aromatic carbocycles. The van der Waals surface area contributed by atoms with Gasteiger partial charge in [0.25, 0.3) is 0 Å². The molecule has 0 unspecified atom stereocenters. The molecular formula is C17H18N2O3. The zero-order chi connectivity index (χ0) is 16.0. The molecule has 114 valence electrons. The van der Waals surface area contributed by atoms with Crippen LogP contribution in [0.5, 0.6) is 0 Å². The van der Waals surface area contributed by atoms with E-state index in [1.165, 1.54) is 6.07 Å². The SMILES string of the molecule is CCOC(=O)c1cc(=O)c2c([nH]1)c(C)cc1c(C)c(C)[nH]c12. The molecule has 22 heavy (non-hydrogen) atoms. The van der Waals surface area contributed by atoms with Gasteiger partial charge in [0, 0.05) is 17.1 Å². The largest absolute Gasteiger partial charge is 0.461 e. The molecule has 0 amide bonds. The normalized spacial score (nSPS) is 11.3. The van der Waals surface area contributed by atoms with E-state index in [2.05, 4.69) is 9.97 Å². The summed E-state index contributed by atoms with van der Waals surface area (Å²) in [4.78, 5) is 30.7. The summed E-state index contributed by atoms with van der Waals surface area (Å²) >= 11 is 0. The second kappa shape index (κ2) is 5.02. The number of hydrogen-bond acceptors (Lipinski definition) is 3. The Morgan fingerprint density at radius 3 is 2.55 bits per heavy atom. The molecule has 5 heteroatoms. The van der Waals surface area contributed by atoms with Crippen molar-refractivity contribution in [3.63, 3.8) is 0 Å². The Morgan fingerprint density at radius 2 is 1.86 bits per heavy atom. The van der Waals surface area contributed by atoms with Gasteiger partial charge in [-0.3, -0.25) is 4.79 Å². The Balaban J connectivity index is 2.41. The van der Waals surface area contributed by atoms with E-state index >= 15 is 0 Å². The van der Waals surface area contributed by atoms with Crippen LogP contribution in [0.1, 0.15) is 34.2 Å². The molecule has 0 aliphatic rings. The van der Waals surface area contributed by atoms with Gasteiger partial charge in [-0.1, -0.05) is 0 Å². The lowest BCUT2D eigenvalue weighted by atomic mass is 10.0. The number of carbonyl (C=O) groups excluding carboxylic acids is 1. The van der Waals surface area contributed by atoms with Crippen LogP contribution in [0.15, 0.2) is 16.9 Å². The highest BCUT2D eigenvalue weighted by molar-refractivity contribution is 6.08. The van der Waals surface area contributed by atoms with E-state index in [0.717, 1.165) is 27.7 Å². The molecule has 0 spiro atoms. The monoisotopic (exact) mass is 298 g/mol. The van der Waals surface area contributed by atoms with E-state index in [-0.39, 0.29) is 17.7 Å². The predicted octanol–water partition coefficient (Wildman–Crippen LogP) is 3.11. The molecule has 3 rings (SSSR count). The highest BCUT2D eigenvalue weighted by Gasteiger charge is 2.16. The van der Waals surface area contributed by atoms with Crippen molar-refractivity contribution in [2.75, 3.05) is 6.61 Å². The first-order valence-corrected chi connectivity index (χ1v) is 7.26. The number of fused-ring (bicyclic) bond motifs is 3. The highest BCUT2D eigenvalue weighted by Crippen LogP contribution is 2.28. The topological polar surface area (TPSA) is 75.0 Å². The molecule has 3 aromatic rings. The summed E-state index contributed by atoms with van der Waals surface area (Å²) in [7, 11) is 0. The van der Waals surface area contributed by atoms with Crippen molar-refractivity contribution < 1.29 is 9.53 Å². The summed E-state index contributed by atoms with van der Waals surface area (Å²) in [5.74, 6) is -0.514. The Labute approximate surface area is 127 Å². The standard InChI is InChI=1S/C17H18N2O3/c1-5-22-17(21)12-7-13(20)14-15(19-12)8(2)6-11-9(3)10(4)18-16(11)14/h6-7,18H,5H2,1-4H3,(H,19,20). The predicted molar refractivity (Wildman–Crippen MR) is 86.6 cm³/mol. The average molecular weight is 298 g/mol. The van der Waals surface area contributed by atoms with Crippen LogP contribution in [-0.4, -0.2) is 22.5 Å². The van der Waals surface area contributed by atoms with Gasteiger partial charge in [0.2, 0.25) is 0 Å². The third-order valence-electron chi connectivity index (χ3n) is 4.08. The number of ether oxygens (including phenoxy) is 1. The zero-order valence-corrected chi connectivity index (χ0v) is 13.1. The molecule has 2 N–H and O–H groups in total. The summed E-state index contributed by atoms with van der Waals surface area (Å²) in [6.45, 7) is 7.94. The molecule has 0 fully saturated rings. The van der Waals surface area contributed by atoms with Gasteiger partial charge in [0.1, 0.15) is 5.69 Å². The average Bonchev–Trinajstić information content (AvgIpc) is 2.75. The molecule has 0 atom stereocenters. The summed E-state index contributed by atoms with van der Waals surface area (Å²) in [5, 5.41) is 1.62. The Kier molecular flexibility index (Phi) is 3.28. The fraction of sp³-hybridized carbons (Fsp3) is 0.294. The first kappa shape index (κ1) is 14.4. The van der Waals surface area contributed by atoms with Crippen molar-refractivity contribution >= 4 is 27.8 Å². The van der Waals surface area contributed by atoms with Gasteiger partial charge in [0.15, 0.2) is 5.43 Å². The molecular weight excluding hydrogens is 280 g/mol. The third-order valence-corrected chi connectivity index (χ3v) is 4.08. The lowest BCUT2D eigenvalue weighted by Crippen LogP contribution is -2.13. The molecule has 0 aliphatic carbocycles. The van der Waals surface area contributed by atoms with Gasteiger partial charge in [-0.05, 0) is 44.9 Å². The number of aromatic nitrogens is 2. The van der Waals surface area contributed by atoms with Crippen molar-refractivity contribution in [1.29, 1.82) is 0 Å². The van der Waals surface area contributed by atoms with Crippen LogP contribution in [0.2, 0.25) is 0 Å². The van der Waals surface area contributed by atoms with E-state index in [1.54, 1.807) is 6.92 Å². The van der Waals surface area contributed by atoms with Crippen molar-refractivity contribution in [3.8, 4) is 0 Å². The van der Waals surface area contributed by atoms with Crippen molar-refractivity contribution in [2.24, 2.45) is 0 Å². The smallest absolute Gasteiger partial charge is 0.354 e. The van der Waals surface area contributed by atoms with Gasteiger partial charge < -0.3 is 14.7 Å². The minimum Gasteiger partial charge on any atom is -0.461 e. The van der Waals surface area contributed by atoms with E-state index in [9.17, 15) is 9.59 Å². The molecule has 0 bridgehead atoms. The molecule has 2 heterocycles.